The third-order valence-electron chi connectivity index (χ3n) is 1.62. The highest BCUT2D eigenvalue weighted by Crippen LogP contribution is 2.12. The molecule has 82 valence electrons. The number of esters is 1. The number of hydrogen-bond acceptors (Lipinski definition) is 3. The molecule has 0 saturated carbocycles. The zero-order valence-corrected chi connectivity index (χ0v) is 9.16. The van der Waals surface area contributed by atoms with E-state index >= 15 is 0 Å². The molecule has 0 spiro atoms. The molecular formula is C10H18O4. The number of aliphatic carboxylic acids is 1. The van der Waals surface area contributed by atoms with E-state index in [-0.39, 0.29) is 12.4 Å². The van der Waals surface area contributed by atoms with E-state index in [1.54, 1.807) is 27.7 Å². The Morgan fingerprint density at radius 1 is 1.36 bits per heavy atom. The van der Waals surface area contributed by atoms with Crippen molar-refractivity contribution in [1.82, 2.24) is 0 Å². The van der Waals surface area contributed by atoms with Crippen LogP contribution in [-0.4, -0.2) is 22.6 Å². The standard InChI is InChI=1S/C10H18O4/c1-7(9(12)13)5-6-8(11)14-10(2,3)4/h7H,5-6H2,1-4H3,(H,12,13)/t7-/m0/s1. The molecule has 14 heavy (non-hydrogen) atoms. The number of ether oxygens (including phenoxy) is 1. The van der Waals surface area contributed by atoms with Gasteiger partial charge in [0.05, 0.1) is 5.92 Å². The predicted molar refractivity (Wildman–Crippen MR) is 51.9 cm³/mol. The molecule has 0 aromatic carbocycles. The maximum atomic E-state index is 11.2. The highest BCUT2D eigenvalue weighted by molar-refractivity contribution is 5.73. The molecule has 0 aliphatic rings. The number of rotatable bonds is 4. The molecule has 0 radical (unpaired) electrons. The first-order valence-corrected chi connectivity index (χ1v) is 4.67. The van der Waals surface area contributed by atoms with Gasteiger partial charge in [0.25, 0.3) is 0 Å². The first-order valence-electron chi connectivity index (χ1n) is 4.67. The third kappa shape index (κ3) is 6.46. The van der Waals surface area contributed by atoms with Crippen molar-refractivity contribution in [2.24, 2.45) is 5.92 Å². The number of carboxylic acids is 1. The minimum Gasteiger partial charge on any atom is -0.481 e. The normalized spacial score (nSPS) is 13.4. The van der Waals surface area contributed by atoms with Crippen LogP contribution in [0.15, 0.2) is 0 Å². The van der Waals surface area contributed by atoms with Crippen LogP contribution < -0.4 is 0 Å². The van der Waals surface area contributed by atoms with Gasteiger partial charge in [-0.25, -0.2) is 0 Å². The Balaban J connectivity index is 3.81. The van der Waals surface area contributed by atoms with E-state index in [2.05, 4.69) is 0 Å². The Labute approximate surface area is 84.3 Å². The molecule has 0 unspecified atom stereocenters. The fraction of sp³-hybridized carbons (Fsp3) is 0.800. The molecule has 4 heteroatoms. The molecule has 0 aliphatic heterocycles. The van der Waals surface area contributed by atoms with Crippen LogP contribution in [-0.2, 0) is 14.3 Å². The Hall–Kier alpha value is -1.06. The van der Waals surface area contributed by atoms with E-state index in [0.29, 0.717) is 6.42 Å². The summed E-state index contributed by atoms with van der Waals surface area (Å²) < 4.78 is 5.04. The zero-order chi connectivity index (χ0) is 11.4. The molecule has 0 aliphatic carbocycles. The molecule has 1 atom stereocenters. The average molecular weight is 202 g/mol. The van der Waals surface area contributed by atoms with Crippen LogP contribution in [0, 0.1) is 5.92 Å². The van der Waals surface area contributed by atoms with E-state index < -0.39 is 17.5 Å². The summed E-state index contributed by atoms with van der Waals surface area (Å²) in [6.45, 7) is 6.93. The van der Waals surface area contributed by atoms with Gasteiger partial charge in [0, 0.05) is 6.42 Å². The van der Waals surface area contributed by atoms with Gasteiger partial charge in [0.15, 0.2) is 0 Å². The second-order valence-electron chi connectivity index (χ2n) is 4.36. The van der Waals surface area contributed by atoms with Gasteiger partial charge < -0.3 is 9.84 Å². The van der Waals surface area contributed by atoms with Crippen LogP contribution in [0.25, 0.3) is 0 Å². The van der Waals surface area contributed by atoms with Crippen molar-refractivity contribution in [2.45, 2.75) is 46.1 Å². The molecule has 0 heterocycles. The van der Waals surface area contributed by atoms with E-state index in [9.17, 15) is 9.59 Å². The van der Waals surface area contributed by atoms with Crippen molar-refractivity contribution in [3.8, 4) is 0 Å². The number of carbonyl (C=O) groups excluding carboxylic acids is 1. The van der Waals surface area contributed by atoms with Crippen LogP contribution in [0.5, 0.6) is 0 Å². The molecule has 0 saturated heterocycles. The lowest BCUT2D eigenvalue weighted by molar-refractivity contribution is -0.155. The summed E-state index contributed by atoms with van der Waals surface area (Å²) in [7, 11) is 0. The van der Waals surface area contributed by atoms with Gasteiger partial charge in [0.2, 0.25) is 0 Å². The van der Waals surface area contributed by atoms with Gasteiger partial charge in [0.1, 0.15) is 5.60 Å². The van der Waals surface area contributed by atoms with Crippen LogP contribution in [0.2, 0.25) is 0 Å². The molecule has 0 rings (SSSR count). The van der Waals surface area contributed by atoms with Gasteiger partial charge in [-0.2, -0.15) is 0 Å². The van der Waals surface area contributed by atoms with Crippen LogP contribution >= 0.6 is 0 Å². The average Bonchev–Trinajstić information content (AvgIpc) is 1.96. The summed E-state index contributed by atoms with van der Waals surface area (Å²) >= 11 is 0. The molecule has 4 nitrogen and oxygen atoms in total. The summed E-state index contributed by atoms with van der Waals surface area (Å²) in [5.41, 5.74) is -0.496. The van der Waals surface area contributed by atoms with Crippen molar-refractivity contribution in [3.05, 3.63) is 0 Å². The number of carbonyl (C=O) groups is 2. The minimum absolute atomic E-state index is 0.157. The molecule has 1 N–H and O–H groups in total. The maximum absolute atomic E-state index is 11.2. The highest BCUT2D eigenvalue weighted by atomic mass is 16.6. The second-order valence-corrected chi connectivity index (χ2v) is 4.36. The van der Waals surface area contributed by atoms with Crippen molar-refractivity contribution < 1.29 is 19.4 Å². The molecule has 0 amide bonds. The lowest BCUT2D eigenvalue weighted by Crippen LogP contribution is -2.24. The Morgan fingerprint density at radius 2 is 1.86 bits per heavy atom. The monoisotopic (exact) mass is 202 g/mol. The topological polar surface area (TPSA) is 63.6 Å². The first-order chi connectivity index (χ1) is 6.22. The second kappa shape index (κ2) is 4.98. The highest BCUT2D eigenvalue weighted by Gasteiger charge is 2.18. The summed E-state index contributed by atoms with van der Waals surface area (Å²) in [5, 5.41) is 8.58. The smallest absolute Gasteiger partial charge is 0.306 e. The van der Waals surface area contributed by atoms with Crippen LogP contribution in [0.3, 0.4) is 0 Å². The minimum atomic E-state index is -0.881. The Morgan fingerprint density at radius 3 is 2.21 bits per heavy atom. The van der Waals surface area contributed by atoms with Gasteiger partial charge in [-0.05, 0) is 27.2 Å². The van der Waals surface area contributed by atoms with Crippen molar-refractivity contribution in [1.29, 1.82) is 0 Å². The van der Waals surface area contributed by atoms with Gasteiger partial charge in [-0.3, -0.25) is 9.59 Å². The quantitative estimate of drug-likeness (QED) is 0.706. The van der Waals surface area contributed by atoms with Crippen molar-refractivity contribution in [3.63, 3.8) is 0 Å². The number of carboxylic acid groups (broad SMARTS) is 1. The van der Waals surface area contributed by atoms with Crippen LogP contribution in [0.1, 0.15) is 40.5 Å². The molecule has 0 aromatic heterocycles. The largest absolute Gasteiger partial charge is 0.481 e. The van der Waals surface area contributed by atoms with E-state index in [1.165, 1.54) is 0 Å². The number of hydrogen-bond donors (Lipinski definition) is 1. The third-order valence-corrected chi connectivity index (χ3v) is 1.62. The lowest BCUT2D eigenvalue weighted by Gasteiger charge is -2.19. The Bertz CT molecular complexity index is 215. The SMILES string of the molecule is C[C@@H](CCC(=O)OC(C)(C)C)C(=O)O. The van der Waals surface area contributed by atoms with E-state index in [1.807, 2.05) is 0 Å². The first kappa shape index (κ1) is 12.9. The zero-order valence-electron chi connectivity index (χ0n) is 9.16. The molecule has 0 aromatic rings. The predicted octanol–water partition coefficient (Wildman–Crippen LogP) is 1.83. The molecule has 0 bridgehead atoms. The Kier molecular flexibility index (Phi) is 4.60. The van der Waals surface area contributed by atoms with E-state index in [0.717, 1.165) is 0 Å². The van der Waals surface area contributed by atoms with Gasteiger partial charge >= 0.3 is 11.9 Å². The van der Waals surface area contributed by atoms with Crippen molar-refractivity contribution in [2.75, 3.05) is 0 Å². The fourth-order valence-corrected chi connectivity index (χ4v) is 0.850. The summed E-state index contributed by atoms with van der Waals surface area (Å²) in [5.74, 6) is -1.72. The molecule has 0 fully saturated rings. The van der Waals surface area contributed by atoms with Crippen molar-refractivity contribution >= 4 is 11.9 Å². The maximum Gasteiger partial charge on any atom is 0.306 e. The van der Waals surface area contributed by atoms with Gasteiger partial charge in [-0.1, -0.05) is 6.92 Å². The van der Waals surface area contributed by atoms with Crippen LogP contribution in [0.4, 0.5) is 0 Å². The summed E-state index contributed by atoms with van der Waals surface area (Å²) in [6.07, 6.45) is 0.481. The van der Waals surface area contributed by atoms with E-state index in [4.69, 9.17) is 9.84 Å². The summed E-state index contributed by atoms with van der Waals surface area (Å²) in [6, 6.07) is 0. The lowest BCUT2D eigenvalue weighted by atomic mass is 10.1. The fourth-order valence-electron chi connectivity index (χ4n) is 0.850. The van der Waals surface area contributed by atoms with Gasteiger partial charge in [-0.15, -0.1) is 0 Å². The molecular weight excluding hydrogens is 184 g/mol. The summed E-state index contributed by atoms with van der Waals surface area (Å²) in [4.78, 5) is 21.6.